The lowest BCUT2D eigenvalue weighted by atomic mass is 9.98. The summed E-state index contributed by atoms with van der Waals surface area (Å²) in [7, 11) is 0. The maximum Gasteiger partial charge on any atom is 0.0959 e. The summed E-state index contributed by atoms with van der Waals surface area (Å²) in [5.74, 6) is 0. The van der Waals surface area contributed by atoms with Crippen molar-refractivity contribution in [3.8, 4) is 22.5 Å². The van der Waals surface area contributed by atoms with Crippen LogP contribution in [0.2, 0.25) is 0 Å². The minimum Gasteiger partial charge on any atom is -0.260 e. The fourth-order valence-corrected chi connectivity index (χ4v) is 3.84. The zero-order valence-corrected chi connectivity index (χ0v) is 18.0. The lowest BCUT2D eigenvalue weighted by molar-refractivity contribution is 0.696. The Bertz CT molecular complexity index is 1170. The maximum absolute atomic E-state index is 5.09. The van der Waals surface area contributed by atoms with Gasteiger partial charge in [0, 0.05) is 16.7 Å². The molecule has 0 amide bonds. The number of benzene rings is 3. The van der Waals surface area contributed by atoms with E-state index in [0.717, 1.165) is 12.2 Å². The summed E-state index contributed by atoms with van der Waals surface area (Å²) in [4.78, 5) is 0. The Morgan fingerprint density at radius 1 is 0.655 bits per heavy atom. The van der Waals surface area contributed by atoms with Crippen LogP contribution in [0.3, 0.4) is 0 Å². The average Bonchev–Trinajstić information content (AvgIpc) is 3.03. The third-order valence-electron chi connectivity index (χ3n) is 5.93. The molecule has 0 unspecified atom stereocenters. The molecule has 1 aromatic heterocycles. The van der Waals surface area contributed by atoms with Gasteiger partial charge in [-0.25, -0.2) is 0 Å². The van der Waals surface area contributed by atoms with Crippen molar-refractivity contribution in [2.75, 3.05) is 0 Å². The minimum absolute atomic E-state index is 0.759. The molecule has 0 aliphatic heterocycles. The van der Waals surface area contributed by atoms with Gasteiger partial charge in [0.25, 0.3) is 0 Å². The van der Waals surface area contributed by atoms with E-state index in [4.69, 9.17) is 5.10 Å². The van der Waals surface area contributed by atoms with Crippen LogP contribution in [-0.2, 0) is 6.54 Å². The Hall–Kier alpha value is -3.13. The van der Waals surface area contributed by atoms with Crippen molar-refractivity contribution < 1.29 is 0 Å². The Labute approximate surface area is 173 Å². The van der Waals surface area contributed by atoms with Crippen LogP contribution in [0, 0.1) is 34.6 Å². The molecule has 0 atom stereocenters. The topological polar surface area (TPSA) is 17.8 Å². The summed E-state index contributed by atoms with van der Waals surface area (Å²) in [5, 5.41) is 5.09. The van der Waals surface area contributed by atoms with Gasteiger partial charge in [0.15, 0.2) is 0 Å². The highest BCUT2D eigenvalue weighted by molar-refractivity contribution is 5.75. The summed E-state index contributed by atoms with van der Waals surface area (Å²) >= 11 is 0. The van der Waals surface area contributed by atoms with Crippen molar-refractivity contribution >= 4 is 0 Å². The number of hydrogen-bond donors (Lipinski definition) is 0. The van der Waals surface area contributed by atoms with Gasteiger partial charge in [0.05, 0.1) is 17.9 Å². The largest absolute Gasteiger partial charge is 0.260 e. The van der Waals surface area contributed by atoms with E-state index in [9.17, 15) is 0 Å². The molecular weight excluding hydrogens is 352 g/mol. The first-order chi connectivity index (χ1) is 13.9. The Balaban J connectivity index is 1.90. The first-order valence-corrected chi connectivity index (χ1v) is 10.2. The fourth-order valence-electron chi connectivity index (χ4n) is 3.84. The van der Waals surface area contributed by atoms with Crippen molar-refractivity contribution in [3.05, 3.63) is 100 Å². The number of hydrogen-bond acceptors (Lipinski definition) is 1. The van der Waals surface area contributed by atoms with Crippen LogP contribution in [0.5, 0.6) is 0 Å². The second kappa shape index (κ2) is 7.71. The van der Waals surface area contributed by atoms with E-state index in [-0.39, 0.29) is 0 Å². The summed E-state index contributed by atoms with van der Waals surface area (Å²) in [6.07, 6.45) is 0. The van der Waals surface area contributed by atoms with Gasteiger partial charge in [-0.05, 0) is 74.6 Å². The van der Waals surface area contributed by atoms with Crippen molar-refractivity contribution in [3.63, 3.8) is 0 Å². The van der Waals surface area contributed by atoms with E-state index in [2.05, 4.69) is 106 Å². The van der Waals surface area contributed by atoms with Gasteiger partial charge < -0.3 is 0 Å². The van der Waals surface area contributed by atoms with Crippen molar-refractivity contribution in [2.45, 2.75) is 41.2 Å². The molecule has 1 heterocycles. The van der Waals surface area contributed by atoms with E-state index in [1.54, 1.807) is 0 Å². The SMILES string of the molecule is Cc1ccc(-c2nn(Cc3ccccc3)c(-c3ccc(C)c(C)c3)c2C)cc1C. The summed E-state index contributed by atoms with van der Waals surface area (Å²) < 4.78 is 2.17. The highest BCUT2D eigenvalue weighted by Gasteiger charge is 2.18. The van der Waals surface area contributed by atoms with Crippen LogP contribution in [0.1, 0.15) is 33.4 Å². The first-order valence-electron chi connectivity index (χ1n) is 10.2. The summed E-state index contributed by atoms with van der Waals surface area (Å²) in [5.41, 5.74) is 12.4. The monoisotopic (exact) mass is 380 g/mol. The van der Waals surface area contributed by atoms with Crippen LogP contribution < -0.4 is 0 Å². The average molecular weight is 381 g/mol. The van der Waals surface area contributed by atoms with Gasteiger partial charge in [0.1, 0.15) is 0 Å². The number of rotatable bonds is 4. The molecule has 146 valence electrons. The maximum atomic E-state index is 5.09. The second-order valence-electron chi connectivity index (χ2n) is 8.06. The number of aryl methyl sites for hydroxylation is 4. The molecule has 3 aromatic carbocycles. The van der Waals surface area contributed by atoms with Crippen LogP contribution in [-0.4, -0.2) is 9.78 Å². The lowest BCUT2D eigenvalue weighted by Gasteiger charge is -2.11. The molecule has 4 rings (SSSR count). The Morgan fingerprint density at radius 2 is 1.24 bits per heavy atom. The van der Waals surface area contributed by atoms with Gasteiger partial charge in [-0.2, -0.15) is 5.10 Å². The van der Waals surface area contributed by atoms with Gasteiger partial charge in [0.2, 0.25) is 0 Å². The fraction of sp³-hybridized carbons (Fsp3) is 0.222. The molecule has 0 radical (unpaired) electrons. The van der Waals surface area contributed by atoms with Crippen molar-refractivity contribution in [1.82, 2.24) is 9.78 Å². The molecule has 4 aromatic rings. The molecular formula is C27H28N2. The van der Waals surface area contributed by atoms with Crippen LogP contribution in [0.25, 0.3) is 22.5 Å². The molecule has 0 spiro atoms. The van der Waals surface area contributed by atoms with Crippen LogP contribution in [0.15, 0.2) is 66.7 Å². The predicted molar refractivity (Wildman–Crippen MR) is 122 cm³/mol. The lowest BCUT2D eigenvalue weighted by Crippen LogP contribution is -2.04. The minimum atomic E-state index is 0.759. The predicted octanol–water partition coefficient (Wildman–Crippen LogP) is 6.81. The smallest absolute Gasteiger partial charge is 0.0959 e. The van der Waals surface area contributed by atoms with Crippen molar-refractivity contribution in [2.24, 2.45) is 0 Å². The van der Waals surface area contributed by atoms with E-state index in [0.29, 0.717) is 0 Å². The molecule has 0 saturated carbocycles. The summed E-state index contributed by atoms with van der Waals surface area (Å²) in [6, 6.07) is 23.9. The van der Waals surface area contributed by atoms with Crippen LogP contribution >= 0.6 is 0 Å². The number of aromatic nitrogens is 2. The number of nitrogens with zero attached hydrogens (tertiary/aromatic N) is 2. The second-order valence-corrected chi connectivity index (χ2v) is 8.06. The molecule has 2 nitrogen and oxygen atoms in total. The quantitative estimate of drug-likeness (QED) is 0.380. The molecule has 29 heavy (non-hydrogen) atoms. The molecule has 0 bridgehead atoms. The van der Waals surface area contributed by atoms with Gasteiger partial charge >= 0.3 is 0 Å². The van der Waals surface area contributed by atoms with E-state index >= 15 is 0 Å². The molecule has 0 N–H and O–H groups in total. The molecule has 0 aliphatic carbocycles. The first kappa shape index (κ1) is 19.2. The molecule has 0 fully saturated rings. The third kappa shape index (κ3) is 3.75. The highest BCUT2D eigenvalue weighted by Crippen LogP contribution is 2.33. The van der Waals surface area contributed by atoms with E-state index in [1.165, 1.54) is 50.2 Å². The normalized spacial score (nSPS) is 11.1. The van der Waals surface area contributed by atoms with Gasteiger partial charge in [-0.3, -0.25) is 4.68 Å². The Kier molecular flexibility index (Phi) is 5.10. The van der Waals surface area contributed by atoms with Crippen molar-refractivity contribution in [1.29, 1.82) is 0 Å². The zero-order chi connectivity index (χ0) is 20.5. The van der Waals surface area contributed by atoms with Gasteiger partial charge in [-0.1, -0.05) is 54.6 Å². The molecule has 0 aliphatic rings. The Morgan fingerprint density at radius 3 is 1.86 bits per heavy atom. The third-order valence-corrected chi connectivity index (χ3v) is 5.93. The van der Waals surface area contributed by atoms with Crippen LogP contribution in [0.4, 0.5) is 0 Å². The van der Waals surface area contributed by atoms with E-state index < -0.39 is 0 Å². The zero-order valence-electron chi connectivity index (χ0n) is 18.0. The van der Waals surface area contributed by atoms with E-state index in [1.807, 2.05) is 0 Å². The highest BCUT2D eigenvalue weighted by atomic mass is 15.3. The molecule has 2 heteroatoms. The molecule has 0 saturated heterocycles. The standard InChI is InChI=1S/C27H28N2/c1-18-11-13-24(15-20(18)3)26-22(5)27(25-14-12-19(2)21(4)16-25)29(28-26)17-23-9-7-6-8-10-23/h6-16H,17H2,1-5H3. The van der Waals surface area contributed by atoms with Gasteiger partial charge in [-0.15, -0.1) is 0 Å². The summed E-state index contributed by atoms with van der Waals surface area (Å²) in [6.45, 7) is 11.6.